The first-order chi connectivity index (χ1) is 9.46. The monoisotopic (exact) mass is 281 g/mol. The molecule has 2 rings (SSSR count). The predicted molar refractivity (Wildman–Crippen MR) is 80.6 cm³/mol. The highest BCUT2D eigenvalue weighted by molar-refractivity contribution is 7.99. The molecule has 0 heterocycles. The van der Waals surface area contributed by atoms with Crippen molar-refractivity contribution in [1.82, 2.24) is 0 Å². The summed E-state index contributed by atoms with van der Waals surface area (Å²) in [5, 5.41) is 0. The van der Waals surface area contributed by atoms with Crippen LogP contribution < -0.4 is 0 Å². The normalized spacial score (nSPS) is 13.8. The van der Waals surface area contributed by atoms with Gasteiger partial charge in [0.25, 0.3) is 0 Å². The minimum Gasteiger partial charge on any atom is -0.130 e. The van der Waals surface area contributed by atoms with Crippen LogP contribution in [-0.4, -0.2) is 12.4 Å². The maximum absolute atomic E-state index is 7.23. The van der Waals surface area contributed by atoms with E-state index < -0.39 is 6.18 Å². The molecule has 2 aromatic carbocycles. The van der Waals surface area contributed by atoms with E-state index in [-0.39, 0.29) is 0 Å². The fourth-order valence-corrected chi connectivity index (χ4v) is 2.85. The molecule has 0 aliphatic heterocycles. The van der Waals surface area contributed by atoms with E-state index in [1.807, 2.05) is 24.3 Å². The summed E-state index contributed by atoms with van der Waals surface area (Å²) in [4.78, 5) is 4.31. The zero-order valence-corrected chi connectivity index (χ0v) is 11.8. The SMILES string of the molecule is [2H]C([2H])([2H])Sc1ccc(Sc2ccc(SC)cc2)cc1. The summed E-state index contributed by atoms with van der Waals surface area (Å²) in [7, 11) is 0. The third-order valence-electron chi connectivity index (χ3n) is 2.24. The van der Waals surface area contributed by atoms with Crippen LogP contribution in [0.15, 0.2) is 68.1 Å². The number of hydrogen-bond acceptors (Lipinski definition) is 3. The summed E-state index contributed by atoms with van der Waals surface area (Å²) < 4.78 is 21.7. The Morgan fingerprint density at radius 1 is 0.706 bits per heavy atom. The Labute approximate surface area is 120 Å². The lowest BCUT2D eigenvalue weighted by molar-refractivity contribution is 1.32. The van der Waals surface area contributed by atoms with Crippen molar-refractivity contribution in [3.8, 4) is 0 Å². The molecule has 0 nitrogen and oxygen atoms in total. The Balaban J connectivity index is 2.02. The first-order valence-electron chi connectivity index (χ1n) is 6.57. The zero-order chi connectivity index (χ0) is 14.6. The number of hydrogen-bond donors (Lipinski definition) is 0. The highest BCUT2D eigenvalue weighted by Crippen LogP contribution is 2.30. The summed E-state index contributed by atoms with van der Waals surface area (Å²) in [5.74, 6) is 0. The molecule has 0 amide bonds. The molecule has 0 atom stereocenters. The van der Waals surface area contributed by atoms with Gasteiger partial charge in [0.05, 0.1) is 0 Å². The lowest BCUT2D eigenvalue weighted by Gasteiger charge is -2.03. The maximum Gasteiger partial charge on any atom is 0.0348 e. The van der Waals surface area contributed by atoms with E-state index in [0.717, 1.165) is 21.6 Å². The largest absolute Gasteiger partial charge is 0.130 e. The summed E-state index contributed by atoms with van der Waals surface area (Å²) in [6, 6.07) is 16.0. The predicted octanol–water partition coefficient (Wildman–Crippen LogP) is 5.28. The van der Waals surface area contributed by atoms with E-state index in [1.165, 1.54) is 9.79 Å². The molecular formula is C14H14S3. The van der Waals surface area contributed by atoms with Gasteiger partial charge in [-0.05, 0) is 61.0 Å². The Morgan fingerprint density at radius 2 is 1.12 bits per heavy atom. The van der Waals surface area contributed by atoms with E-state index in [0.29, 0.717) is 0 Å². The van der Waals surface area contributed by atoms with Gasteiger partial charge in [-0.2, -0.15) is 0 Å². The standard InChI is InChI=1S/C14H14S3/c1-15-11-3-7-13(8-4-11)17-14-9-5-12(16-2)6-10-14/h3-10H,1-2H3/i1D3. The van der Waals surface area contributed by atoms with Crippen molar-refractivity contribution in [2.24, 2.45) is 0 Å². The fraction of sp³-hybridized carbons (Fsp3) is 0.143. The molecule has 0 radical (unpaired) electrons. The van der Waals surface area contributed by atoms with E-state index in [1.54, 1.807) is 23.5 Å². The van der Waals surface area contributed by atoms with Gasteiger partial charge in [0.2, 0.25) is 0 Å². The van der Waals surface area contributed by atoms with Crippen molar-refractivity contribution >= 4 is 35.3 Å². The van der Waals surface area contributed by atoms with E-state index in [2.05, 4.69) is 30.5 Å². The molecule has 0 aromatic heterocycles. The number of rotatable bonds is 4. The minimum absolute atomic E-state index is 0.770. The van der Waals surface area contributed by atoms with Crippen molar-refractivity contribution in [2.45, 2.75) is 19.6 Å². The van der Waals surface area contributed by atoms with Gasteiger partial charge in [-0.15, -0.1) is 23.5 Å². The molecule has 0 N–H and O–H groups in total. The van der Waals surface area contributed by atoms with Crippen LogP contribution in [-0.2, 0) is 0 Å². The summed E-state index contributed by atoms with van der Waals surface area (Å²) in [6.07, 6.45) is 0.0752. The first kappa shape index (κ1) is 9.42. The average Bonchev–Trinajstić information content (AvgIpc) is 2.40. The van der Waals surface area contributed by atoms with Gasteiger partial charge in [0.1, 0.15) is 0 Å². The molecule has 0 unspecified atom stereocenters. The molecule has 17 heavy (non-hydrogen) atoms. The van der Waals surface area contributed by atoms with Gasteiger partial charge in [-0.25, -0.2) is 0 Å². The molecule has 88 valence electrons. The van der Waals surface area contributed by atoms with Gasteiger partial charge in [-0.3, -0.25) is 0 Å². The first-order valence-corrected chi connectivity index (χ1v) is 7.93. The molecule has 0 saturated heterocycles. The highest BCUT2D eigenvalue weighted by atomic mass is 32.2. The molecule has 0 fully saturated rings. The Hall–Kier alpha value is -0.510. The lowest BCUT2D eigenvalue weighted by Crippen LogP contribution is -1.75. The maximum atomic E-state index is 7.23. The summed E-state index contributed by atoms with van der Waals surface area (Å²) in [6.45, 7) is 0. The van der Waals surface area contributed by atoms with Crippen LogP contribution >= 0.6 is 35.3 Å². The van der Waals surface area contributed by atoms with Gasteiger partial charge in [0, 0.05) is 23.7 Å². The van der Waals surface area contributed by atoms with Gasteiger partial charge >= 0.3 is 0 Å². The number of benzene rings is 2. The summed E-state index contributed by atoms with van der Waals surface area (Å²) in [5.41, 5.74) is 0. The molecular weight excluding hydrogens is 264 g/mol. The van der Waals surface area contributed by atoms with Crippen LogP contribution in [0, 0.1) is 0 Å². The fourth-order valence-electron chi connectivity index (χ4n) is 1.36. The third-order valence-corrected chi connectivity index (χ3v) is 4.50. The van der Waals surface area contributed by atoms with Crippen molar-refractivity contribution in [3.05, 3.63) is 48.5 Å². The Bertz CT molecular complexity index is 547. The molecule has 0 aliphatic rings. The minimum atomic E-state index is -1.98. The Kier molecular flexibility index (Phi) is 3.56. The van der Waals surface area contributed by atoms with Crippen LogP contribution in [0.25, 0.3) is 0 Å². The van der Waals surface area contributed by atoms with E-state index in [9.17, 15) is 0 Å². The van der Waals surface area contributed by atoms with Crippen molar-refractivity contribution < 1.29 is 4.11 Å². The van der Waals surface area contributed by atoms with Gasteiger partial charge in [0.15, 0.2) is 0 Å². The Morgan fingerprint density at radius 3 is 1.53 bits per heavy atom. The molecule has 0 bridgehead atoms. The molecule has 0 spiro atoms. The smallest absolute Gasteiger partial charge is 0.0348 e. The molecule has 3 heteroatoms. The van der Waals surface area contributed by atoms with Crippen LogP contribution in [0.4, 0.5) is 0 Å². The van der Waals surface area contributed by atoms with E-state index >= 15 is 0 Å². The lowest BCUT2D eigenvalue weighted by atomic mass is 10.4. The second kappa shape index (κ2) is 6.43. The second-order valence-corrected chi connectivity index (χ2v) is 6.05. The molecule has 0 saturated carbocycles. The molecule has 0 aliphatic carbocycles. The third kappa shape index (κ3) is 3.73. The van der Waals surface area contributed by atoms with Gasteiger partial charge in [-0.1, -0.05) is 11.8 Å². The molecule has 2 aromatic rings. The average molecular weight is 281 g/mol. The highest BCUT2D eigenvalue weighted by Gasteiger charge is 1.98. The van der Waals surface area contributed by atoms with Crippen LogP contribution in [0.2, 0.25) is 0 Å². The topological polar surface area (TPSA) is 0 Å². The van der Waals surface area contributed by atoms with Crippen molar-refractivity contribution in [2.75, 3.05) is 12.4 Å². The quantitative estimate of drug-likeness (QED) is 0.700. The van der Waals surface area contributed by atoms with E-state index in [4.69, 9.17) is 4.11 Å². The second-order valence-electron chi connectivity index (χ2n) is 3.35. The van der Waals surface area contributed by atoms with Crippen LogP contribution in [0.3, 0.4) is 0 Å². The van der Waals surface area contributed by atoms with Crippen LogP contribution in [0.1, 0.15) is 4.11 Å². The van der Waals surface area contributed by atoms with Crippen LogP contribution in [0.5, 0.6) is 0 Å². The number of thioether (sulfide) groups is 2. The van der Waals surface area contributed by atoms with Crippen molar-refractivity contribution in [3.63, 3.8) is 0 Å². The summed E-state index contributed by atoms with van der Waals surface area (Å²) >= 11 is 4.31. The zero-order valence-electron chi connectivity index (χ0n) is 12.3. The van der Waals surface area contributed by atoms with Crippen molar-refractivity contribution in [1.29, 1.82) is 0 Å². The van der Waals surface area contributed by atoms with Gasteiger partial charge < -0.3 is 0 Å².